The lowest BCUT2D eigenvalue weighted by Gasteiger charge is -2.36. The number of carboxylic acid groups (broad SMARTS) is 1. The maximum Gasteiger partial charge on any atom is 0.335 e. The Morgan fingerprint density at radius 1 is 1.06 bits per heavy atom. The number of rotatable bonds is 10. The van der Waals surface area contributed by atoms with Crippen LogP contribution in [0.1, 0.15) is 66.3 Å². The summed E-state index contributed by atoms with van der Waals surface area (Å²) in [4.78, 5) is 29.4. The summed E-state index contributed by atoms with van der Waals surface area (Å²) < 4.78 is 41.5. The second-order valence-electron chi connectivity index (χ2n) is 12.6. The van der Waals surface area contributed by atoms with Crippen molar-refractivity contribution in [3.05, 3.63) is 89.5 Å². The number of nitrogens with one attached hydrogen (secondary N) is 1. The van der Waals surface area contributed by atoms with E-state index in [1.807, 2.05) is 20.9 Å². The van der Waals surface area contributed by atoms with Gasteiger partial charge in [0.1, 0.15) is 5.75 Å². The van der Waals surface area contributed by atoms with Crippen LogP contribution in [0.5, 0.6) is 5.75 Å². The van der Waals surface area contributed by atoms with E-state index in [0.29, 0.717) is 25.4 Å². The Morgan fingerprint density at radius 3 is 2.44 bits per heavy atom. The number of amides is 1. The van der Waals surface area contributed by atoms with Gasteiger partial charge in [-0.3, -0.25) is 14.4 Å². The summed E-state index contributed by atoms with van der Waals surface area (Å²) >= 11 is 0. The number of sulfonamides is 1. The van der Waals surface area contributed by atoms with Crippen molar-refractivity contribution < 1.29 is 37.7 Å². The summed E-state index contributed by atoms with van der Waals surface area (Å²) in [6.45, 7) is 7.37. The standard InChI is InChI=1S/C36H47N3O8S/c1-25-21-39(26(2)24-40)35(41)32-20-30(37-48(44,45)31-11-6-5-7-12-31)17-18-33(32)47-27(3)10-8-9-19-46-34(25)23-38(4)22-28-13-15-29(16-14-28)36(42)43/h5-7,11-18,20,25-27,34,37,40H,8-10,19,21-24H2,1-4H3,(H,42,43)/t25-,26-,27+,34+/m1/s1. The lowest BCUT2D eigenvalue weighted by Crippen LogP contribution is -2.47. The third-order valence-corrected chi connectivity index (χ3v) is 9.90. The molecule has 0 saturated carbocycles. The number of benzene rings is 3. The Labute approximate surface area is 283 Å². The molecule has 1 aliphatic heterocycles. The second-order valence-corrected chi connectivity index (χ2v) is 14.3. The van der Waals surface area contributed by atoms with Crippen molar-refractivity contribution in [1.82, 2.24) is 9.80 Å². The van der Waals surface area contributed by atoms with Gasteiger partial charge >= 0.3 is 5.97 Å². The first-order chi connectivity index (χ1) is 22.9. The molecular formula is C36H47N3O8S. The Hall–Kier alpha value is -3.97. The van der Waals surface area contributed by atoms with Crippen molar-refractivity contribution in [3.8, 4) is 5.75 Å². The van der Waals surface area contributed by atoms with E-state index in [-0.39, 0.29) is 53.0 Å². The first-order valence-corrected chi connectivity index (χ1v) is 17.8. The average Bonchev–Trinajstić information content (AvgIpc) is 3.06. The van der Waals surface area contributed by atoms with Crippen molar-refractivity contribution in [3.63, 3.8) is 0 Å². The van der Waals surface area contributed by atoms with Crippen molar-refractivity contribution in [2.24, 2.45) is 5.92 Å². The molecule has 0 unspecified atom stereocenters. The fourth-order valence-electron chi connectivity index (χ4n) is 5.70. The molecule has 3 aromatic carbocycles. The number of hydrogen-bond acceptors (Lipinski definition) is 8. The van der Waals surface area contributed by atoms with Gasteiger partial charge in [-0.1, -0.05) is 37.3 Å². The molecule has 1 heterocycles. The molecule has 0 bridgehead atoms. The maximum atomic E-state index is 14.4. The normalized spacial score (nSPS) is 20.3. The topological polar surface area (TPSA) is 146 Å². The zero-order valence-electron chi connectivity index (χ0n) is 28.0. The van der Waals surface area contributed by atoms with Crippen LogP contribution in [0.15, 0.2) is 77.7 Å². The van der Waals surface area contributed by atoms with Crippen LogP contribution in [0.25, 0.3) is 0 Å². The second kappa shape index (κ2) is 16.9. The predicted molar refractivity (Wildman–Crippen MR) is 184 cm³/mol. The molecule has 0 spiro atoms. The lowest BCUT2D eigenvalue weighted by molar-refractivity contribution is -0.0177. The molecule has 260 valence electrons. The van der Waals surface area contributed by atoms with Crippen molar-refractivity contribution >= 4 is 27.6 Å². The fraction of sp³-hybridized carbons (Fsp3) is 0.444. The van der Waals surface area contributed by atoms with E-state index in [2.05, 4.69) is 9.62 Å². The van der Waals surface area contributed by atoms with Crippen LogP contribution < -0.4 is 9.46 Å². The third-order valence-electron chi connectivity index (χ3n) is 8.50. The largest absolute Gasteiger partial charge is 0.490 e. The number of fused-ring (bicyclic) bond motifs is 1. The van der Waals surface area contributed by atoms with Crippen LogP contribution in [-0.4, -0.2) is 91.9 Å². The van der Waals surface area contributed by atoms with Crippen molar-refractivity contribution in [1.29, 1.82) is 0 Å². The number of nitrogens with zero attached hydrogens (tertiary/aromatic N) is 2. The molecule has 0 fully saturated rings. The highest BCUT2D eigenvalue weighted by molar-refractivity contribution is 7.92. The Morgan fingerprint density at radius 2 is 1.77 bits per heavy atom. The van der Waals surface area contributed by atoms with Gasteiger partial charge in [-0.05, 0) is 88.2 Å². The van der Waals surface area contributed by atoms with Gasteiger partial charge in [-0.2, -0.15) is 0 Å². The molecule has 1 aliphatic rings. The van der Waals surface area contributed by atoms with E-state index in [4.69, 9.17) is 9.47 Å². The SMILES string of the molecule is C[C@@H]1CN([C@H](C)CO)C(=O)c2cc(NS(=O)(=O)c3ccccc3)ccc2O[C@@H](C)CCCCO[C@H]1CN(C)Cc1ccc(C(=O)O)cc1. The van der Waals surface area contributed by atoms with Crippen molar-refractivity contribution in [2.75, 3.05) is 38.1 Å². The summed E-state index contributed by atoms with van der Waals surface area (Å²) in [5.41, 5.74) is 1.60. The number of anilines is 1. The molecular weight excluding hydrogens is 634 g/mol. The highest BCUT2D eigenvalue weighted by Crippen LogP contribution is 2.29. The Kier molecular flexibility index (Phi) is 13.0. The number of carbonyl (C=O) groups is 2. The quantitative estimate of drug-likeness (QED) is 0.266. The Balaban J connectivity index is 1.61. The fourth-order valence-corrected chi connectivity index (χ4v) is 6.77. The monoisotopic (exact) mass is 681 g/mol. The molecule has 0 saturated heterocycles. The van der Waals surface area contributed by atoms with E-state index in [1.54, 1.807) is 66.4 Å². The first-order valence-electron chi connectivity index (χ1n) is 16.3. The van der Waals surface area contributed by atoms with E-state index in [9.17, 15) is 28.2 Å². The van der Waals surface area contributed by atoms with Gasteiger partial charge < -0.3 is 24.6 Å². The number of likely N-dealkylation sites (N-methyl/N-ethyl adjacent to an activating group) is 1. The zero-order chi connectivity index (χ0) is 34.8. The van der Waals surface area contributed by atoms with Crippen LogP contribution in [0, 0.1) is 5.92 Å². The van der Waals surface area contributed by atoms with Crippen LogP contribution >= 0.6 is 0 Å². The van der Waals surface area contributed by atoms with Gasteiger partial charge in [-0.25, -0.2) is 13.2 Å². The van der Waals surface area contributed by atoms with Gasteiger partial charge in [-0.15, -0.1) is 0 Å². The number of aliphatic hydroxyl groups excluding tert-OH is 1. The zero-order valence-corrected chi connectivity index (χ0v) is 28.9. The summed E-state index contributed by atoms with van der Waals surface area (Å²) in [6.07, 6.45) is 1.92. The van der Waals surface area contributed by atoms with Gasteiger partial charge in [0.2, 0.25) is 0 Å². The summed E-state index contributed by atoms with van der Waals surface area (Å²) in [7, 11) is -1.94. The molecule has 1 amide bonds. The van der Waals surface area contributed by atoms with Gasteiger partial charge in [0.15, 0.2) is 0 Å². The predicted octanol–water partition coefficient (Wildman–Crippen LogP) is 5.11. The molecule has 48 heavy (non-hydrogen) atoms. The molecule has 3 aromatic rings. The van der Waals surface area contributed by atoms with Crippen LogP contribution in [0.4, 0.5) is 5.69 Å². The molecule has 12 heteroatoms. The number of carboxylic acids is 1. The number of aromatic carboxylic acids is 1. The highest BCUT2D eigenvalue weighted by Gasteiger charge is 2.30. The molecule has 0 aromatic heterocycles. The smallest absolute Gasteiger partial charge is 0.335 e. The van der Waals surface area contributed by atoms with Crippen LogP contribution in [0.3, 0.4) is 0 Å². The highest BCUT2D eigenvalue weighted by atomic mass is 32.2. The minimum Gasteiger partial charge on any atom is -0.490 e. The number of carbonyl (C=O) groups excluding carboxylic acids is 1. The van der Waals surface area contributed by atoms with Gasteiger partial charge in [0, 0.05) is 37.8 Å². The minimum atomic E-state index is -3.91. The number of ether oxygens (including phenoxy) is 2. The summed E-state index contributed by atoms with van der Waals surface area (Å²) in [5, 5.41) is 19.5. The van der Waals surface area contributed by atoms with Crippen LogP contribution in [0.2, 0.25) is 0 Å². The Bertz CT molecular complexity index is 1620. The molecule has 4 rings (SSSR count). The van der Waals surface area contributed by atoms with E-state index in [0.717, 1.165) is 24.8 Å². The summed E-state index contributed by atoms with van der Waals surface area (Å²) in [5.74, 6) is -1.17. The lowest BCUT2D eigenvalue weighted by atomic mass is 10.0. The molecule has 4 atom stereocenters. The average molecular weight is 682 g/mol. The van der Waals surface area contributed by atoms with Gasteiger partial charge in [0.25, 0.3) is 15.9 Å². The van der Waals surface area contributed by atoms with Crippen LogP contribution in [-0.2, 0) is 21.3 Å². The maximum absolute atomic E-state index is 14.4. The number of aliphatic hydroxyl groups is 1. The van der Waals surface area contributed by atoms with E-state index < -0.39 is 27.9 Å². The first kappa shape index (κ1) is 36.9. The van der Waals surface area contributed by atoms with Crippen molar-refractivity contribution in [2.45, 2.75) is 69.7 Å². The molecule has 0 radical (unpaired) electrons. The molecule has 3 N–H and O–H groups in total. The van der Waals surface area contributed by atoms with Gasteiger partial charge in [0.05, 0.1) is 40.9 Å². The molecule has 11 nitrogen and oxygen atoms in total. The molecule has 0 aliphatic carbocycles. The minimum absolute atomic E-state index is 0.0962. The third kappa shape index (κ3) is 10.0. The number of hydrogen-bond donors (Lipinski definition) is 3. The van der Waals surface area contributed by atoms with E-state index in [1.165, 1.54) is 18.2 Å². The van der Waals surface area contributed by atoms with E-state index >= 15 is 0 Å². The summed E-state index contributed by atoms with van der Waals surface area (Å²) in [6, 6.07) is 18.9.